The molecule has 1 atom stereocenters. The van der Waals surface area contributed by atoms with Gasteiger partial charge in [0.15, 0.2) is 10.1 Å². The van der Waals surface area contributed by atoms with E-state index < -0.39 is 0 Å². The van der Waals surface area contributed by atoms with Crippen LogP contribution >= 0.6 is 23.3 Å². The van der Waals surface area contributed by atoms with Crippen LogP contribution in [0.25, 0.3) is 0 Å². The van der Waals surface area contributed by atoms with Gasteiger partial charge in [-0.1, -0.05) is 41.6 Å². The summed E-state index contributed by atoms with van der Waals surface area (Å²) < 4.78 is 4.96. The molecule has 1 unspecified atom stereocenters. The zero-order valence-corrected chi connectivity index (χ0v) is 12.1. The molecule has 1 aromatic heterocycles. The number of Topliss-reactive ketones (excluding diaryl/α,β-unsaturated/α-hetero) is 1. The van der Waals surface area contributed by atoms with Crippen molar-refractivity contribution in [2.24, 2.45) is 0 Å². The molecule has 0 amide bonds. The van der Waals surface area contributed by atoms with E-state index in [0.717, 1.165) is 21.3 Å². The molecule has 94 valence electrons. The number of carbonyl (C=O) groups excluding carboxylic acids is 1. The molecule has 1 heterocycles. The lowest BCUT2D eigenvalue weighted by atomic mass is 10.1. The summed E-state index contributed by atoms with van der Waals surface area (Å²) in [6.07, 6.45) is 0. The second kappa shape index (κ2) is 5.63. The fourth-order valence-electron chi connectivity index (χ4n) is 1.48. The molecule has 18 heavy (non-hydrogen) atoms. The zero-order valence-electron chi connectivity index (χ0n) is 10.5. The van der Waals surface area contributed by atoms with Gasteiger partial charge in [-0.15, -0.1) is 0 Å². The number of benzene rings is 1. The van der Waals surface area contributed by atoms with Crippen LogP contribution in [0, 0.1) is 13.8 Å². The van der Waals surface area contributed by atoms with E-state index in [4.69, 9.17) is 0 Å². The highest BCUT2D eigenvalue weighted by Crippen LogP contribution is 2.26. The maximum atomic E-state index is 12.2. The van der Waals surface area contributed by atoms with Gasteiger partial charge in [0.1, 0.15) is 5.82 Å². The number of aryl methyl sites for hydroxylation is 2. The molecule has 0 fully saturated rings. The first-order valence-electron chi connectivity index (χ1n) is 5.64. The van der Waals surface area contributed by atoms with Gasteiger partial charge < -0.3 is 0 Å². The predicted octanol–water partition coefficient (Wildman–Crippen LogP) is 3.52. The second-order valence-corrected chi connectivity index (χ2v) is 6.44. The number of rotatable bonds is 4. The standard InChI is InChI=1S/C13H14N2OS2/c1-8-4-6-11(7-5-8)12(16)9(2)17-13-14-10(3)15-18-13/h4-7,9H,1-3H3. The van der Waals surface area contributed by atoms with Crippen LogP contribution in [0.1, 0.15) is 28.7 Å². The first-order chi connectivity index (χ1) is 8.56. The highest BCUT2D eigenvalue weighted by Gasteiger charge is 2.18. The van der Waals surface area contributed by atoms with Crippen molar-refractivity contribution in [2.75, 3.05) is 0 Å². The third kappa shape index (κ3) is 3.17. The summed E-state index contributed by atoms with van der Waals surface area (Å²) in [6, 6.07) is 7.67. The molecule has 0 saturated carbocycles. The molecule has 0 N–H and O–H groups in total. The van der Waals surface area contributed by atoms with Crippen LogP contribution < -0.4 is 0 Å². The van der Waals surface area contributed by atoms with E-state index in [-0.39, 0.29) is 11.0 Å². The SMILES string of the molecule is Cc1ccc(C(=O)C(C)Sc2nc(C)ns2)cc1. The summed E-state index contributed by atoms with van der Waals surface area (Å²) in [5.74, 6) is 0.894. The lowest BCUT2D eigenvalue weighted by molar-refractivity contribution is 0.0994. The first-order valence-corrected chi connectivity index (χ1v) is 7.29. The average molecular weight is 278 g/mol. The Morgan fingerprint density at radius 1 is 1.28 bits per heavy atom. The maximum absolute atomic E-state index is 12.2. The molecule has 0 radical (unpaired) electrons. The van der Waals surface area contributed by atoms with Crippen LogP contribution in [-0.2, 0) is 0 Å². The van der Waals surface area contributed by atoms with E-state index in [1.165, 1.54) is 23.3 Å². The van der Waals surface area contributed by atoms with Crippen LogP contribution in [0.15, 0.2) is 28.6 Å². The monoisotopic (exact) mass is 278 g/mol. The van der Waals surface area contributed by atoms with Crippen molar-refractivity contribution in [1.82, 2.24) is 9.36 Å². The Morgan fingerprint density at radius 2 is 1.94 bits per heavy atom. The van der Waals surface area contributed by atoms with Gasteiger partial charge in [-0.3, -0.25) is 4.79 Å². The van der Waals surface area contributed by atoms with Gasteiger partial charge in [0, 0.05) is 5.56 Å². The third-order valence-corrected chi connectivity index (χ3v) is 4.47. The molecule has 2 rings (SSSR count). The molecular weight excluding hydrogens is 264 g/mol. The molecule has 2 aromatic rings. The van der Waals surface area contributed by atoms with Gasteiger partial charge in [0.2, 0.25) is 0 Å². The Hall–Kier alpha value is -1.20. The Kier molecular flexibility index (Phi) is 4.14. The van der Waals surface area contributed by atoms with Gasteiger partial charge in [-0.25, -0.2) is 4.98 Å². The van der Waals surface area contributed by atoms with E-state index in [1.807, 2.05) is 45.0 Å². The predicted molar refractivity (Wildman–Crippen MR) is 75.5 cm³/mol. The average Bonchev–Trinajstić information content (AvgIpc) is 2.75. The Morgan fingerprint density at radius 3 is 2.50 bits per heavy atom. The number of ketones is 1. The Balaban J connectivity index is 2.07. The van der Waals surface area contributed by atoms with Crippen LogP contribution in [0.2, 0.25) is 0 Å². The fourth-order valence-corrected chi connectivity index (χ4v) is 3.35. The van der Waals surface area contributed by atoms with Gasteiger partial charge >= 0.3 is 0 Å². The summed E-state index contributed by atoms with van der Waals surface area (Å²) in [5.41, 5.74) is 1.91. The summed E-state index contributed by atoms with van der Waals surface area (Å²) in [5, 5.41) is -0.139. The summed E-state index contributed by atoms with van der Waals surface area (Å²) in [6.45, 7) is 5.77. The van der Waals surface area contributed by atoms with Crippen molar-refractivity contribution in [3.63, 3.8) is 0 Å². The van der Waals surface area contributed by atoms with Crippen molar-refractivity contribution in [1.29, 1.82) is 0 Å². The number of hydrogen-bond acceptors (Lipinski definition) is 5. The van der Waals surface area contributed by atoms with E-state index in [0.29, 0.717) is 0 Å². The number of thioether (sulfide) groups is 1. The van der Waals surface area contributed by atoms with Crippen molar-refractivity contribution in [2.45, 2.75) is 30.4 Å². The largest absolute Gasteiger partial charge is 0.293 e. The smallest absolute Gasteiger partial charge is 0.175 e. The molecule has 5 heteroatoms. The lowest BCUT2D eigenvalue weighted by Gasteiger charge is -2.08. The van der Waals surface area contributed by atoms with E-state index in [9.17, 15) is 4.79 Å². The molecule has 0 aliphatic carbocycles. The fraction of sp³-hybridized carbons (Fsp3) is 0.308. The molecular formula is C13H14N2OS2. The van der Waals surface area contributed by atoms with Gasteiger partial charge in [-0.2, -0.15) is 4.37 Å². The van der Waals surface area contributed by atoms with E-state index >= 15 is 0 Å². The summed E-state index contributed by atoms with van der Waals surface area (Å²) >= 11 is 2.81. The van der Waals surface area contributed by atoms with Crippen molar-refractivity contribution < 1.29 is 4.79 Å². The van der Waals surface area contributed by atoms with Crippen LogP contribution in [0.3, 0.4) is 0 Å². The molecule has 0 saturated heterocycles. The third-order valence-electron chi connectivity index (χ3n) is 2.49. The maximum Gasteiger partial charge on any atom is 0.175 e. The van der Waals surface area contributed by atoms with Gasteiger partial charge in [0.05, 0.1) is 5.25 Å². The molecule has 3 nitrogen and oxygen atoms in total. The molecule has 1 aromatic carbocycles. The number of hydrogen-bond donors (Lipinski definition) is 0. The Labute approximate surface area is 115 Å². The lowest BCUT2D eigenvalue weighted by Crippen LogP contribution is -2.13. The van der Waals surface area contributed by atoms with Gasteiger partial charge in [0.25, 0.3) is 0 Å². The Bertz CT molecular complexity index is 548. The van der Waals surface area contributed by atoms with E-state index in [2.05, 4.69) is 9.36 Å². The zero-order chi connectivity index (χ0) is 13.1. The quantitative estimate of drug-likeness (QED) is 0.634. The van der Waals surface area contributed by atoms with Crippen LogP contribution in [0.5, 0.6) is 0 Å². The number of nitrogens with zero attached hydrogens (tertiary/aromatic N) is 2. The highest BCUT2D eigenvalue weighted by atomic mass is 32.2. The van der Waals surface area contributed by atoms with Crippen LogP contribution in [0.4, 0.5) is 0 Å². The minimum atomic E-state index is -0.139. The first kappa shape index (κ1) is 13.2. The minimum Gasteiger partial charge on any atom is -0.293 e. The second-order valence-electron chi connectivity index (χ2n) is 4.10. The van der Waals surface area contributed by atoms with Crippen LogP contribution in [-0.4, -0.2) is 20.4 Å². The van der Waals surface area contributed by atoms with Crippen molar-refractivity contribution in [3.8, 4) is 0 Å². The highest BCUT2D eigenvalue weighted by molar-refractivity contribution is 8.02. The van der Waals surface area contributed by atoms with Crippen molar-refractivity contribution in [3.05, 3.63) is 41.2 Å². The van der Waals surface area contributed by atoms with E-state index in [1.54, 1.807) is 0 Å². The molecule has 0 aliphatic rings. The molecule has 0 bridgehead atoms. The number of carbonyl (C=O) groups is 1. The molecule has 0 spiro atoms. The number of aromatic nitrogens is 2. The topological polar surface area (TPSA) is 42.9 Å². The minimum absolute atomic E-state index is 0.132. The van der Waals surface area contributed by atoms with Gasteiger partial charge in [-0.05, 0) is 32.3 Å². The molecule has 0 aliphatic heterocycles. The summed E-state index contributed by atoms with van der Waals surface area (Å²) in [4.78, 5) is 16.5. The van der Waals surface area contributed by atoms with Crippen molar-refractivity contribution >= 4 is 29.1 Å². The normalized spacial score (nSPS) is 12.4. The summed E-state index contributed by atoms with van der Waals surface area (Å²) in [7, 11) is 0.